The molecule has 0 aromatic heterocycles. The Kier molecular flexibility index (Phi) is 9.80. The van der Waals surface area contributed by atoms with E-state index in [-0.39, 0.29) is 17.9 Å². The van der Waals surface area contributed by atoms with E-state index in [9.17, 15) is 9.59 Å². The van der Waals surface area contributed by atoms with Gasteiger partial charge in [0.05, 0.1) is 13.7 Å². The molecule has 0 heterocycles. The lowest BCUT2D eigenvalue weighted by molar-refractivity contribution is -0.141. The molecule has 2 aromatic carbocycles. The molecule has 3 rings (SSSR count). The highest BCUT2D eigenvalue weighted by molar-refractivity contribution is 5.87. The Morgan fingerprint density at radius 1 is 1.03 bits per heavy atom. The van der Waals surface area contributed by atoms with Crippen LogP contribution in [-0.4, -0.2) is 42.5 Å². The van der Waals surface area contributed by atoms with E-state index in [4.69, 9.17) is 9.47 Å². The zero-order chi connectivity index (χ0) is 24.3. The van der Waals surface area contributed by atoms with E-state index in [0.29, 0.717) is 32.4 Å². The molecule has 1 N–H and O–H groups in total. The highest BCUT2D eigenvalue weighted by atomic mass is 16.5. The molecule has 1 atom stereocenters. The Morgan fingerprint density at radius 2 is 1.68 bits per heavy atom. The normalized spacial score (nSPS) is 14.4. The van der Waals surface area contributed by atoms with Gasteiger partial charge in [-0.05, 0) is 62.4 Å². The highest BCUT2D eigenvalue weighted by Gasteiger charge is 2.30. The van der Waals surface area contributed by atoms with Crippen molar-refractivity contribution in [2.45, 2.75) is 77.4 Å². The molecule has 1 aliphatic carbocycles. The van der Waals surface area contributed by atoms with Crippen LogP contribution in [0.1, 0.15) is 63.0 Å². The largest absolute Gasteiger partial charge is 0.497 e. The number of hydrogen-bond donors (Lipinski definition) is 1. The minimum Gasteiger partial charge on any atom is -0.497 e. The molecule has 1 aliphatic rings. The van der Waals surface area contributed by atoms with Crippen LogP contribution in [0.25, 0.3) is 0 Å². The van der Waals surface area contributed by atoms with E-state index < -0.39 is 6.04 Å². The van der Waals surface area contributed by atoms with Gasteiger partial charge in [0.2, 0.25) is 11.8 Å². The Morgan fingerprint density at radius 3 is 2.29 bits per heavy atom. The maximum absolute atomic E-state index is 13.3. The van der Waals surface area contributed by atoms with Crippen molar-refractivity contribution in [2.75, 3.05) is 13.7 Å². The van der Waals surface area contributed by atoms with Gasteiger partial charge in [-0.2, -0.15) is 0 Å². The number of ether oxygens (including phenoxy) is 2. The van der Waals surface area contributed by atoms with Crippen molar-refractivity contribution in [1.82, 2.24) is 10.2 Å². The molecule has 0 bridgehead atoms. The predicted octanol–water partition coefficient (Wildman–Crippen LogP) is 5.03. The summed E-state index contributed by atoms with van der Waals surface area (Å²) >= 11 is 0. The minimum absolute atomic E-state index is 0.0210. The van der Waals surface area contributed by atoms with E-state index in [1.54, 1.807) is 12.0 Å². The lowest BCUT2D eigenvalue weighted by Crippen LogP contribution is -2.50. The number of methoxy groups -OCH3 is 1. The summed E-state index contributed by atoms with van der Waals surface area (Å²) in [4.78, 5) is 28.2. The van der Waals surface area contributed by atoms with Crippen LogP contribution in [0.5, 0.6) is 11.5 Å². The average Bonchev–Trinajstić information content (AvgIpc) is 3.36. The molecule has 184 valence electrons. The summed E-state index contributed by atoms with van der Waals surface area (Å²) in [6, 6.07) is 15.3. The van der Waals surface area contributed by atoms with Gasteiger partial charge in [0, 0.05) is 19.0 Å². The summed E-state index contributed by atoms with van der Waals surface area (Å²) in [5.41, 5.74) is 2.20. The SMILES string of the molecule is CC[C@H](C(=O)NC1CCCC1)N(Cc1ccc(C)cc1)C(=O)CCCOc1ccc(OC)cc1. The fourth-order valence-corrected chi connectivity index (χ4v) is 4.41. The first-order valence-corrected chi connectivity index (χ1v) is 12.4. The lowest BCUT2D eigenvalue weighted by Gasteiger charge is -2.31. The molecule has 2 aromatic rings. The van der Waals surface area contributed by atoms with Crippen molar-refractivity contribution in [3.05, 3.63) is 59.7 Å². The first-order chi connectivity index (χ1) is 16.5. The first-order valence-electron chi connectivity index (χ1n) is 12.4. The van der Waals surface area contributed by atoms with Crippen LogP contribution in [0.3, 0.4) is 0 Å². The third-order valence-electron chi connectivity index (χ3n) is 6.42. The van der Waals surface area contributed by atoms with Crippen molar-refractivity contribution in [2.24, 2.45) is 0 Å². The monoisotopic (exact) mass is 466 g/mol. The van der Waals surface area contributed by atoms with Crippen LogP contribution in [0.15, 0.2) is 48.5 Å². The molecule has 0 radical (unpaired) electrons. The van der Waals surface area contributed by atoms with E-state index in [1.807, 2.05) is 62.4 Å². The van der Waals surface area contributed by atoms with Gasteiger partial charge in [0.15, 0.2) is 0 Å². The molecular weight excluding hydrogens is 428 g/mol. The van der Waals surface area contributed by atoms with Crippen molar-refractivity contribution in [1.29, 1.82) is 0 Å². The quantitative estimate of drug-likeness (QED) is 0.446. The van der Waals surface area contributed by atoms with Crippen LogP contribution in [0.4, 0.5) is 0 Å². The Balaban J connectivity index is 1.62. The number of amides is 2. The minimum atomic E-state index is -0.475. The summed E-state index contributed by atoms with van der Waals surface area (Å²) in [6.07, 6.45) is 5.85. The summed E-state index contributed by atoms with van der Waals surface area (Å²) < 4.78 is 10.9. The van der Waals surface area contributed by atoms with Crippen molar-refractivity contribution < 1.29 is 19.1 Å². The number of rotatable bonds is 12. The van der Waals surface area contributed by atoms with Gasteiger partial charge in [0.25, 0.3) is 0 Å². The topological polar surface area (TPSA) is 67.9 Å². The molecule has 0 aliphatic heterocycles. The molecule has 0 saturated heterocycles. The molecule has 0 spiro atoms. The molecule has 1 saturated carbocycles. The Bertz CT molecular complexity index is 905. The highest BCUT2D eigenvalue weighted by Crippen LogP contribution is 2.20. The van der Waals surface area contributed by atoms with E-state index >= 15 is 0 Å². The fourth-order valence-electron chi connectivity index (χ4n) is 4.41. The maximum Gasteiger partial charge on any atom is 0.243 e. The van der Waals surface area contributed by atoms with Gasteiger partial charge >= 0.3 is 0 Å². The number of hydrogen-bond acceptors (Lipinski definition) is 4. The second kappa shape index (κ2) is 13.0. The number of nitrogens with zero attached hydrogens (tertiary/aromatic N) is 1. The average molecular weight is 467 g/mol. The molecular formula is C28H38N2O4. The summed E-state index contributed by atoms with van der Waals surface area (Å²) in [7, 11) is 1.63. The molecule has 0 unspecified atom stereocenters. The van der Waals surface area contributed by atoms with Crippen molar-refractivity contribution in [3.8, 4) is 11.5 Å². The molecule has 34 heavy (non-hydrogen) atoms. The number of carbonyl (C=O) groups is 2. The fraction of sp³-hybridized carbons (Fsp3) is 0.500. The summed E-state index contributed by atoms with van der Waals surface area (Å²) in [5.74, 6) is 1.46. The van der Waals surface area contributed by atoms with E-state index in [0.717, 1.165) is 42.7 Å². The predicted molar refractivity (Wildman–Crippen MR) is 134 cm³/mol. The molecule has 1 fully saturated rings. The smallest absolute Gasteiger partial charge is 0.243 e. The number of aryl methyl sites for hydroxylation is 1. The van der Waals surface area contributed by atoms with Crippen LogP contribution in [-0.2, 0) is 16.1 Å². The number of carbonyl (C=O) groups excluding carboxylic acids is 2. The van der Waals surface area contributed by atoms with Crippen LogP contribution in [0, 0.1) is 6.92 Å². The zero-order valence-electron chi connectivity index (χ0n) is 20.7. The van der Waals surface area contributed by atoms with Crippen molar-refractivity contribution >= 4 is 11.8 Å². The van der Waals surface area contributed by atoms with E-state index in [2.05, 4.69) is 5.32 Å². The van der Waals surface area contributed by atoms with Gasteiger partial charge in [-0.25, -0.2) is 0 Å². The standard InChI is InChI=1S/C28H38N2O4/c1-4-26(28(32)29-23-8-5-6-9-23)30(20-22-13-11-21(2)12-14-22)27(31)10-7-19-34-25-17-15-24(33-3)16-18-25/h11-18,23,26H,4-10,19-20H2,1-3H3,(H,29,32)/t26-/m1/s1. The molecule has 2 amide bonds. The summed E-state index contributed by atoms with van der Waals surface area (Å²) in [5, 5.41) is 3.19. The van der Waals surface area contributed by atoms with Crippen LogP contribution >= 0.6 is 0 Å². The first kappa shape index (κ1) is 25.6. The van der Waals surface area contributed by atoms with Crippen molar-refractivity contribution in [3.63, 3.8) is 0 Å². The number of nitrogens with one attached hydrogen (secondary N) is 1. The second-order valence-electron chi connectivity index (χ2n) is 9.05. The maximum atomic E-state index is 13.3. The molecule has 6 heteroatoms. The van der Waals surface area contributed by atoms with Crippen LogP contribution in [0.2, 0.25) is 0 Å². The van der Waals surface area contributed by atoms with Gasteiger partial charge in [-0.3, -0.25) is 9.59 Å². The lowest BCUT2D eigenvalue weighted by atomic mass is 10.1. The summed E-state index contributed by atoms with van der Waals surface area (Å²) in [6.45, 7) is 4.87. The van der Waals surface area contributed by atoms with E-state index in [1.165, 1.54) is 5.56 Å². The van der Waals surface area contributed by atoms with Gasteiger partial charge < -0.3 is 19.7 Å². The van der Waals surface area contributed by atoms with Gasteiger partial charge in [-0.1, -0.05) is 49.6 Å². The van der Waals surface area contributed by atoms with Gasteiger partial charge in [0.1, 0.15) is 17.5 Å². The third kappa shape index (κ3) is 7.51. The Hall–Kier alpha value is -3.02. The van der Waals surface area contributed by atoms with Crippen LogP contribution < -0.4 is 14.8 Å². The molecule has 6 nitrogen and oxygen atoms in total. The zero-order valence-corrected chi connectivity index (χ0v) is 20.7. The third-order valence-corrected chi connectivity index (χ3v) is 6.42. The number of benzene rings is 2. The second-order valence-corrected chi connectivity index (χ2v) is 9.05. The Labute approximate surface area is 203 Å². The van der Waals surface area contributed by atoms with Gasteiger partial charge in [-0.15, -0.1) is 0 Å².